The summed E-state index contributed by atoms with van der Waals surface area (Å²) in [6, 6.07) is 27.7. The topological polar surface area (TPSA) is 86.8 Å². The molecule has 4 aromatic carbocycles. The highest BCUT2D eigenvalue weighted by atomic mass is 35.5. The van der Waals surface area contributed by atoms with Crippen molar-refractivity contribution in [3.63, 3.8) is 0 Å². The van der Waals surface area contributed by atoms with Crippen molar-refractivity contribution in [1.82, 2.24) is 10.2 Å². The van der Waals surface area contributed by atoms with Gasteiger partial charge in [-0.3, -0.25) is 13.9 Å². The first kappa shape index (κ1) is 33.7. The van der Waals surface area contributed by atoms with E-state index in [1.807, 2.05) is 76.2 Å². The normalized spacial score (nSPS) is 11.9. The lowest BCUT2D eigenvalue weighted by molar-refractivity contribution is -0.140. The summed E-state index contributed by atoms with van der Waals surface area (Å²) in [4.78, 5) is 29.9. The molecule has 0 heterocycles. The third-order valence-electron chi connectivity index (χ3n) is 7.64. The number of anilines is 1. The maximum Gasteiger partial charge on any atom is 0.264 e. The number of rotatable bonds is 13. The standard InChI is InChI=1S/C36H40ClN3O4S/c1-5-21-38-36(42)34(23-29-11-7-6-8-12-29)39(24-30-13-9-10-14-32(30)37)35(41)25-40(33-22-27(3)15-18-28(33)4)45(43,44)31-19-16-26(2)17-20-31/h6-20,22,34H,5,21,23-25H2,1-4H3,(H,38,42)/t34-/m0/s1. The Morgan fingerprint density at radius 1 is 0.844 bits per heavy atom. The zero-order valence-electron chi connectivity index (χ0n) is 26.2. The summed E-state index contributed by atoms with van der Waals surface area (Å²) >= 11 is 6.56. The fourth-order valence-electron chi connectivity index (χ4n) is 5.07. The van der Waals surface area contributed by atoms with Crippen LogP contribution >= 0.6 is 11.6 Å². The summed E-state index contributed by atoms with van der Waals surface area (Å²) in [6.45, 7) is 7.46. The summed E-state index contributed by atoms with van der Waals surface area (Å²) in [7, 11) is -4.18. The van der Waals surface area contributed by atoms with E-state index in [2.05, 4.69) is 5.32 Å². The van der Waals surface area contributed by atoms with Gasteiger partial charge in [0, 0.05) is 24.5 Å². The van der Waals surface area contributed by atoms with Gasteiger partial charge in [-0.15, -0.1) is 0 Å². The van der Waals surface area contributed by atoms with Crippen LogP contribution in [0.15, 0.2) is 102 Å². The number of nitrogens with zero attached hydrogens (tertiary/aromatic N) is 2. The van der Waals surface area contributed by atoms with E-state index < -0.39 is 28.5 Å². The second-order valence-electron chi connectivity index (χ2n) is 11.2. The molecular formula is C36H40ClN3O4S. The molecule has 0 fully saturated rings. The van der Waals surface area contributed by atoms with Crippen molar-refractivity contribution in [1.29, 1.82) is 0 Å². The maximum absolute atomic E-state index is 14.6. The number of benzene rings is 4. The molecule has 2 amide bonds. The SMILES string of the molecule is CCCNC(=O)[C@H](Cc1ccccc1)N(Cc1ccccc1Cl)C(=O)CN(c1cc(C)ccc1C)S(=O)(=O)c1ccc(C)cc1. The Hall–Kier alpha value is -4.14. The summed E-state index contributed by atoms with van der Waals surface area (Å²) in [6.07, 6.45) is 0.957. The first-order chi connectivity index (χ1) is 21.5. The van der Waals surface area contributed by atoms with Gasteiger partial charge in [-0.25, -0.2) is 8.42 Å². The van der Waals surface area contributed by atoms with E-state index in [0.29, 0.717) is 28.4 Å². The minimum atomic E-state index is -4.18. The summed E-state index contributed by atoms with van der Waals surface area (Å²) in [5.74, 6) is -0.847. The lowest BCUT2D eigenvalue weighted by atomic mass is 10.0. The molecule has 45 heavy (non-hydrogen) atoms. The lowest BCUT2D eigenvalue weighted by Gasteiger charge is -2.34. The van der Waals surface area contributed by atoms with E-state index >= 15 is 0 Å². The molecule has 7 nitrogen and oxygen atoms in total. The fourth-order valence-corrected chi connectivity index (χ4v) is 6.74. The molecule has 0 aliphatic rings. The molecule has 0 saturated heterocycles. The van der Waals surface area contributed by atoms with E-state index in [-0.39, 0.29) is 23.8 Å². The summed E-state index contributed by atoms with van der Waals surface area (Å²) in [5, 5.41) is 3.40. The van der Waals surface area contributed by atoms with Crippen LogP contribution in [0.4, 0.5) is 5.69 Å². The van der Waals surface area contributed by atoms with Crippen LogP contribution in [-0.2, 0) is 32.6 Å². The fraction of sp³-hybridized carbons (Fsp3) is 0.278. The quantitative estimate of drug-likeness (QED) is 0.177. The van der Waals surface area contributed by atoms with Crippen LogP contribution in [-0.4, -0.2) is 44.3 Å². The number of carbonyl (C=O) groups is 2. The minimum absolute atomic E-state index is 0.0147. The Morgan fingerprint density at radius 3 is 2.16 bits per heavy atom. The molecule has 9 heteroatoms. The Bertz CT molecular complexity index is 1730. The van der Waals surface area contributed by atoms with Gasteiger partial charge in [-0.1, -0.05) is 96.9 Å². The van der Waals surface area contributed by atoms with E-state index in [9.17, 15) is 18.0 Å². The number of nitrogens with one attached hydrogen (secondary N) is 1. The van der Waals surface area contributed by atoms with Gasteiger partial charge in [0.1, 0.15) is 12.6 Å². The highest BCUT2D eigenvalue weighted by Crippen LogP contribution is 2.29. The Kier molecular flexibility index (Phi) is 11.4. The molecule has 1 N–H and O–H groups in total. The van der Waals surface area contributed by atoms with Crippen molar-refractivity contribution in [3.8, 4) is 0 Å². The number of aryl methyl sites for hydroxylation is 3. The van der Waals surface area contributed by atoms with Crippen LogP contribution in [0.25, 0.3) is 0 Å². The molecule has 0 spiro atoms. The number of carbonyl (C=O) groups excluding carboxylic acids is 2. The van der Waals surface area contributed by atoms with Crippen LogP contribution in [0.3, 0.4) is 0 Å². The van der Waals surface area contributed by atoms with Crippen LogP contribution in [0, 0.1) is 20.8 Å². The van der Waals surface area contributed by atoms with Gasteiger partial charge in [0.2, 0.25) is 11.8 Å². The van der Waals surface area contributed by atoms with E-state index in [1.54, 1.807) is 48.5 Å². The second-order valence-corrected chi connectivity index (χ2v) is 13.5. The molecule has 0 aliphatic heterocycles. The predicted octanol–water partition coefficient (Wildman–Crippen LogP) is 6.63. The van der Waals surface area contributed by atoms with Crippen LogP contribution in [0.2, 0.25) is 5.02 Å². The third-order valence-corrected chi connectivity index (χ3v) is 9.78. The zero-order valence-corrected chi connectivity index (χ0v) is 27.7. The second kappa shape index (κ2) is 15.2. The van der Waals surface area contributed by atoms with Gasteiger partial charge in [0.15, 0.2) is 0 Å². The zero-order chi connectivity index (χ0) is 32.6. The van der Waals surface area contributed by atoms with Crippen molar-refractivity contribution in [2.24, 2.45) is 0 Å². The number of sulfonamides is 1. The summed E-state index contributed by atoms with van der Waals surface area (Å²) in [5.41, 5.74) is 4.37. The number of hydrogen-bond donors (Lipinski definition) is 1. The maximum atomic E-state index is 14.6. The highest BCUT2D eigenvalue weighted by Gasteiger charge is 2.35. The minimum Gasteiger partial charge on any atom is -0.354 e. The summed E-state index contributed by atoms with van der Waals surface area (Å²) < 4.78 is 29.7. The van der Waals surface area contributed by atoms with E-state index in [0.717, 1.165) is 27.4 Å². The smallest absolute Gasteiger partial charge is 0.264 e. The van der Waals surface area contributed by atoms with Gasteiger partial charge in [-0.2, -0.15) is 0 Å². The molecular weight excluding hydrogens is 606 g/mol. The molecule has 4 aromatic rings. The van der Waals surface area contributed by atoms with Crippen molar-refractivity contribution >= 4 is 39.1 Å². The van der Waals surface area contributed by atoms with Gasteiger partial charge >= 0.3 is 0 Å². The van der Waals surface area contributed by atoms with Crippen molar-refractivity contribution in [3.05, 3.63) is 130 Å². The molecule has 1 atom stereocenters. The highest BCUT2D eigenvalue weighted by molar-refractivity contribution is 7.92. The van der Waals surface area contributed by atoms with Crippen LogP contribution in [0.1, 0.15) is 41.2 Å². The monoisotopic (exact) mass is 645 g/mol. The molecule has 0 bridgehead atoms. The number of amides is 2. The van der Waals surface area contributed by atoms with E-state index in [4.69, 9.17) is 11.6 Å². The molecule has 0 radical (unpaired) electrons. The van der Waals surface area contributed by atoms with Gasteiger partial charge in [0.25, 0.3) is 10.0 Å². The average molecular weight is 646 g/mol. The predicted molar refractivity (Wildman–Crippen MR) is 181 cm³/mol. The van der Waals surface area contributed by atoms with Gasteiger partial charge in [0.05, 0.1) is 10.6 Å². The Balaban J connectivity index is 1.83. The largest absolute Gasteiger partial charge is 0.354 e. The molecule has 0 aliphatic carbocycles. The van der Waals surface area contributed by atoms with Gasteiger partial charge in [-0.05, 0) is 73.7 Å². The Labute approximate surface area is 271 Å². The van der Waals surface area contributed by atoms with Crippen LogP contribution < -0.4 is 9.62 Å². The van der Waals surface area contributed by atoms with Crippen molar-refractivity contribution in [2.75, 3.05) is 17.4 Å². The van der Waals surface area contributed by atoms with Crippen molar-refractivity contribution in [2.45, 2.75) is 58.0 Å². The van der Waals surface area contributed by atoms with E-state index in [1.165, 1.54) is 4.90 Å². The van der Waals surface area contributed by atoms with Crippen LogP contribution in [0.5, 0.6) is 0 Å². The molecule has 236 valence electrons. The number of hydrogen-bond acceptors (Lipinski definition) is 4. The lowest BCUT2D eigenvalue weighted by Crippen LogP contribution is -2.53. The molecule has 0 aromatic heterocycles. The molecule has 4 rings (SSSR count). The Morgan fingerprint density at radius 2 is 1.49 bits per heavy atom. The third kappa shape index (κ3) is 8.53. The number of halogens is 1. The molecule has 0 saturated carbocycles. The van der Waals surface area contributed by atoms with Crippen molar-refractivity contribution < 1.29 is 18.0 Å². The average Bonchev–Trinajstić information content (AvgIpc) is 3.03. The van der Waals surface area contributed by atoms with Gasteiger partial charge < -0.3 is 10.2 Å². The first-order valence-electron chi connectivity index (χ1n) is 15.0. The first-order valence-corrected chi connectivity index (χ1v) is 16.8. The molecule has 0 unspecified atom stereocenters.